The van der Waals surface area contributed by atoms with Crippen LogP contribution in [0.1, 0.15) is 37.7 Å². The van der Waals surface area contributed by atoms with E-state index in [2.05, 4.69) is 10.6 Å². The number of anilines is 2. The molecule has 0 spiro atoms. The molecule has 0 aromatic heterocycles. The molecule has 0 bridgehead atoms. The molecule has 0 fully saturated rings. The van der Waals surface area contributed by atoms with Crippen LogP contribution in [0, 0.1) is 11.6 Å². The molecule has 0 radical (unpaired) electrons. The lowest BCUT2D eigenvalue weighted by Gasteiger charge is -2.34. The minimum absolute atomic E-state index is 0.00574. The van der Waals surface area contributed by atoms with Gasteiger partial charge in [0.2, 0.25) is 0 Å². The van der Waals surface area contributed by atoms with Crippen molar-refractivity contribution in [1.82, 2.24) is 5.32 Å². The number of hydrogen-bond acceptors (Lipinski definition) is 4. The lowest BCUT2D eigenvalue weighted by molar-refractivity contribution is -0.116. The normalized spacial score (nSPS) is 18.3. The van der Waals surface area contributed by atoms with E-state index in [1.165, 1.54) is 6.07 Å². The zero-order valence-electron chi connectivity index (χ0n) is 18.3. The van der Waals surface area contributed by atoms with Crippen LogP contribution in [0.25, 0.3) is 0 Å². The molecule has 0 saturated heterocycles. The maximum Gasteiger partial charge on any atom is 0.254 e. The average molecular weight is 437 g/mol. The summed E-state index contributed by atoms with van der Waals surface area (Å²) in [4.78, 5) is 28.3. The Balaban J connectivity index is 1.78. The molecule has 2 aliphatic rings. The highest BCUT2D eigenvalue weighted by molar-refractivity contribution is 6.09. The van der Waals surface area contributed by atoms with Crippen LogP contribution in [0.2, 0.25) is 0 Å². The molecular formula is C25H25F2N3O2. The molecule has 2 aromatic rings. The topological polar surface area (TPSA) is 61.4 Å². The molecule has 2 aromatic carbocycles. The number of dihydropyridines is 1. The summed E-state index contributed by atoms with van der Waals surface area (Å²) in [5.74, 6) is -2.69. The van der Waals surface area contributed by atoms with Gasteiger partial charge in [-0.3, -0.25) is 9.59 Å². The second-order valence-corrected chi connectivity index (χ2v) is 8.33. The van der Waals surface area contributed by atoms with Gasteiger partial charge in [-0.2, -0.15) is 0 Å². The van der Waals surface area contributed by atoms with Crippen LogP contribution < -0.4 is 15.5 Å². The molecule has 5 nitrogen and oxygen atoms in total. The number of nitrogens with one attached hydrogen (secondary N) is 2. The number of rotatable bonds is 4. The number of Topliss-reactive ketones (excluding diaryl/α,β-unsaturated/α-hetero) is 1. The lowest BCUT2D eigenvalue weighted by Crippen LogP contribution is -2.35. The minimum atomic E-state index is -0.860. The third kappa shape index (κ3) is 4.02. The Hall–Kier alpha value is -3.48. The summed E-state index contributed by atoms with van der Waals surface area (Å²) in [6, 6.07) is 10.7. The van der Waals surface area contributed by atoms with Crippen LogP contribution in [-0.2, 0) is 9.59 Å². The molecule has 1 amide bonds. The molecular weight excluding hydrogens is 412 g/mol. The van der Waals surface area contributed by atoms with Crippen molar-refractivity contribution in [3.63, 3.8) is 0 Å². The van der Waals surface area contributed by atoms with E-state index in [9.17, 15) is 18.4 Å². The summed E-state index contributed by atoms with van der Waals surface area (Å²) in [5.41, 5.74) is 4.07. The smallest absolute Gasteiger partial charge is 0.254 e. The van der Waals surface area contributed by atoms with Crippen LogP contribution in [0.15, 0.2) is 65.0 Å². The van der Waals surface area contributed by atoms with Crippen molar-refractivity contribution >= 4 is 23.1 Å². The van der Waals surface area contributed by atoms with Gasteiger partial charge in [0.25, 0.3) is 5.91 Å². The second kappa shape index (κ2) is 8.57. The van der Waals surface area contributed by atoms with Crippen LogP contribution in [-0.4, -0.2) is 25.8 Å². The zero-order valence-corrected chi connectivity index (χ0v) is 18.3. The number of benzene rings is 2. The molecule has 1 heterocycles. The van der Waals surface area contributed by atoms with E-state index in [0.29, 0.717) is 23.3 Å². The van der Waals surface area contributed by atoms with E-state index < -0.39 is 23.5 Å². The van der Waals surface area contributed by atoms with Crippen molar-refractivity contribution in [3.05, 3.63) is 82.2 Å². The highest BCUT2D eigenvalue weighted by Crippen LogP contribution is 2.42. The van der Waals surface area contributed by atoms with Gasteiger partial charge in [0.1, 0.15) is 11.6 Å². The van der Waals surface area contributed by atoms with Gasteiger partial charge >= 0.3 is 0 Å². The lowest BCUT2D eigenvalue weighted by atomic mass is 9.75. The number of hydrogen-bond donors (Lipinski definition) is 2. The number of carbonyl (C=O) groups excluding carboxylic acids is 2. The van der Waals surface area contributed by atoms with Gasteiger partial charge in [0.15, 0.2) is 5.78 Å². The van der Waals surface area contributed by atoms with Crippen molar-refractivity contribution in [2.45, 2.75) is 32.1 Å². The predicted molar refractivity (Wildman–Crippen MR) is 120 cm³/mol. The minimum Gasteiger partial charge on any atom is -0.378 e. The Morgan fingerprint density at radius 2 is 1.81 bits per heavy atom. The number of halogens is 2. The van der Waals surface area contributed by atoms with Gasteiger partial charge in [-0.15, -0.1) is 0 Å². The Morgan fingerprint density at radius 1 is 1.09 bits per heavy atom. The molecule has 0 unspecified atom stereocenters. The first-order valence-corrected chi connectivity index (χ1v) is 10.5. The largest absolute Gasteiger partial charge is 0.378 e. The predicted octanol–water partition coefficient (Wildman–Crippen LogP) is 4.64. The first-order chi connectivity index (χ1) is 15.3. The van der Waals surface area contributed by atoms with E-state index in [1.807, 2.05) is 43.3 Å². The number of ketones is 1. The quantitative estimate of drug-likeness (QED) is 0.732. The van der Waals surface area contributed by atoms with Crippen molar-refractivity contribution < 1.29 is 18.4 Å². The van der Waals surface area contributed by atoms with Crippen LogP contribution >= 0.6 is 0 Å². The highest BCUT2D eigenvalue weighted by atomic mass is 19.1. The van der Waals surface area contributed by atoms with E-state index >= 15 is 0 Å². The molecule has 7 heteroatoms. The van der Waals surface area contributed by atoms with E-state index in [4.69, 9.17) is 0 Å². The first kappa shape index (κ1) is 21.7. The van der Waals surface area contributed by atoms with Gasteiger partial charge in [-0.25, -0.2) is 8.78 Å². The molecule has 0 saturated carbocycles. The third-order valence-electron chi connectivity index (χ3n) is 5.94. The van der Waals surface area contributed by atoms with Gasteiger partial charge in [-0.05, 0) is 49.6 Å². The molecule has 166 valence electrons. The summed E-state index contributed by atoms with van der Waals surface area (Å²) in [6.07, 6.45) is 1.91. The van der Waals surface area contributed by atoms with Gasteiger partial charge in [0.05, 0.1) is 5.69 Å². The van der Waals surface area contributed by atoms with Crippen molar-refractivity contribution in [2.24, 2.45) is 0 Å². The van der Waals surface area contributed by atoms with Crippen LogP contribution in [0.3, 0.4) is 0 Å². The SMILES string of the molecule is CC1=C(C(=O)Nc2ccc(F)cc2F)[C@H](c2ccc(N(C)C)cc2)C2=C(CCCC2=O)N1. The maximum absolute atomic E-state index is 14.2. The van der Waals surface area contributed by atoms with Gasteiger partial charge in [0, 0.05) is 60.7 Å². The standard InChI is InChI=1S/C25H25F2N3O2/c1-14-22(25(32)29-19-12-9-16(26)13-18(19)27)23(15-7-10-17(11-8-15)30(2)3)24-20(28-14)5-4-6-21(24)31/h7-13,23,28H,4-6H2,1-3H3,(H,29,32)/t23-/m0/s1. The van der Waals surface area contributed by atoms with Crippen molar-refractivity contribution in [1.29, 1.82) is 0 Å². The number of nitrogens with zero attached hydrogens (tertiary/aromatic N) is 1. The van der Waals surface area contributed by atoms with Crippen molar-refractivity contribution in [3.8, 4) is 0 Å². The Labute approximate surface area is 185 Å². The zero-order chi connectivity index (χ0) is 23.0. The average Bonchev–Trinajstić information content (AvgIpc) is 2.75. The summed E-state index contributed by atoms with van der Waals surface area (Å²) in [7, 11) is 3.87. The first-order valence-electron chi connectivity index (χ1n) is 10.5. The Bertz CT molecular complexity index is 1150. The second-order valence-electron chi connectivity index (χ2n) is 8.33. The molecule has 1 aliphatic heterocycles. The Kier molecular flexibility index (Phi) is 5.82. The molecule has 2 N–H and O–H groups in total. The van der Waals surface area contributed by atoms with Crippen molar-refractivity contribution in [2.75, 3.05) is 24.3 Å². The van der Waals surface area contributed by atoms with Gasteiger partial charge in [-0.1, -0.05) is 12.1 Å². The third-order valence-corrected chi connectivity index (χ3v) is 5.94. The molecule has 32 heavy (non-hydrogen) atoms. The number of amides is 1. The van der Waals surface area contributed by atoms with E-state index in [-0.39, 0.29) is 11.5 Å². The maximum atomic E-state index is 14.2. The van der Waals surface area contributed by atoms with E-state index in [0.717, 1.165) is 41.9 Å². The Morgan fingerprint density at radius 3 is 2.47 bits per heavy atom. The summed E-state index contributed by atoms with van der Waals surface area (Å²) >= 11 is 0. The molecule has 1 atom stereocenters. The summed E-state index contributed by atoms with van der Waals surface area (Å²) < 4.78 is 27.5. The van der Waals surface area contributed by atoms with Gasteiger partial charge < -0.3 is 15.5 Å². The summed E-state index contributed by atoms with van der Waals surface area (Å²) in [5, 5.41) is 5.79. The monoisotopic (exact) mass is 437 g/mol. The number of allylic oxidation sites excluding steroid dienone is 3. The van der Waals surface area contributed by atoms with Crippen LogP contribution in [0.5, 0.6) is 0 Å². The molecule has 4 rings (SSSR count). The van der Waals surface area contributed by atoms with E-state index in [1.54, 1.807) is 6.92 Å². The fourth-order valence-electron chi connectivity index (χ4n) is 4.36. The summed E-state index contributed by atoms with van der Waals surface area (Å²) in [6.45, 7) is 1.78. The highest BCUT2D eigenvalue weighted by Gasteiger charge is 2.38. The fourth-order valence-corrected chi connectivity index (χ4v) is 4.36. The fraction of sp³-hybridized carbons (Fsp3) is 0.280. The molecule has 1 aliphatic carbocycles. The number of carbonyl (C=O) groups is 2. The van der Waals surface area contributed by atoms with Crippen LogP contribution in [0.4, 0.5) is 20.2 Å².